The van der Waals surface area contributed by atoms with E-state index in [0.29, 0.717) is 18.4 Å². The van der Waals surface area contributed by atoms with E-state index in [1.54, 1.807) is 30.7 Å². The van der Waals surface area contributed by atoms with E-state index in [9.17, 15) is 9.59 Å². The Hall–Kier alpha value is -3.53. The van der Waals surface area contributed by atoms with E-state index >= 15 is 0 Å². The Morgan fingerprint density at radius 2 is 1.74 bits per heavy atom. The van der Waals surface area contributed by atoms with Crippen molar-refractivity contribution < 1.29 is 14.3 Å². The van der Waals surface area contributed by atoms with Crippen molar-refractivity contribution in [3.8, 4) is 5.75 Å². The van der Waals surface area contributed by atoms with Crippen LogP contribution in [0.15, 0.2) is 48.5 Å². The van der Waals surface area contributed by atoms with Gasteiger partial charge in [0.15, 0.2) is 0 Å². The summed E-state index contributed by atoms with van der Waals surface area (Å²) in [6, 6.07) is 15.5. The Bertz CT molecular complexity index is 1440. The number of carbonyl (C=O) groups is 2. The van der Waals surface area contributed by atoms with Gasteiger partial charge >= 0.3 is 0 Å². The number of nitrogens with zero attached hydrogens (tertiary/aromatic N) is 4. The number of anilines is 2. The Morgan fingerprint density at radius 3 is 2.43 bits per heavy atom. The number of hydrogen-bond acceptors (Lipinski definition) is 8. The Labute approximate surface area is 252 Å². The second-order valence-corrected chi connectivity index (χ2v) is 13.8. The lowest BCUT2D eigenvalue weighted by Gasteiger charge is -2.33. The molecule has 3 aromatic rings. The van der Waals surface area contributed by atoms with E-state index in [1.165, 1.54) is 0 Å². The summed E-state index contributed by atoms with van der Waals surface area (Å²) in [5.41, 5.74) is 1.83. The minimum absolute atomic E-state index is 0.0962. The molecule has 2 amide bonds. The maximum absolute atomic E-state index is 13.7. The monoisotopic (exact) mass is 590 g/mol. The molecule has 2 aromatic carbocycles. The molecule has 10 heteroatoms. The number of hydrogen-bond donors (Lipinski definition) is 2. The third-order valence-electron chi connectivity index (χ3n) is 8.37. The standard InChI is InChI=1S/C32H42N6O3S/c1-20(39)38-27(32(2,3)42-30(38)24-12-8-10-14-26(24)41-6)29(40)33-19-21-15-17-22(18-16-21)34-31-35-25-13-9-7-11-23(25)28(36-31)37(4)5/h7-14,21-22,27,30H,15-19H2,1-6H3,(H,33,40)(H,34,35,36)/t21-,22+,27-,30-/m0/s1. The van der Waals surface area contributed by atoms with Crippen LogP contribution in [0.3, 0.4) is 0 Å². The molecule has 0 radical (unpaired) electrons. The molecule has 42 heavy (non-hydrogen) atoms. The maximum atomic E-state index is 13.7. The smallest absolute Gasteiger partial charge is 0.244 e. The molecule has 1 aromatic heterocycles. The molecular weight excluding hydrogens is 548 g/mol. The van der Waals surface area contributed by atoms with Crippen LogP contribution in [0.25, 0.3) is 10.9 Å². The van der Waals surface area contributed by atoms with Crippen LogP contribution >= 0.6 is 11.8 Å². The average molecular weight is 591 g/mol. The number of amides is 2. The van der Waals surface area contributed by atoms with Gasteiger partial charge in [-0.3, -0.25) is 9.59 Å². The molecule has 1 aliphatic carbocycles. The Kier molecular flexibility index (Phi) is 8.82. The summed E-state index contributed by atoms with van der Waals surface area (Å²) in [5, 5.41) is 7.52. The molecule has 0 unspecified atom stereocenters. The number of carbonyl (C=O) groups excluding carboxylic acids is 2. The second-order valence-electron chi connectivity index (χ2n) is 12.0. The minimum atomic E-state index is -0.580. The van der Waals surface area contributed by atoms with Gasteiger partial charge in [0.25, 0.3) is 0 Å². The van der Waals surface area contributed by atoms with Crippen molar-refractivity contribution in [2.75, 3.05) is 38.0 Å². The molecule has 1 saturated heterocycles. The molecule has 2 fully saturated rings. The van der Waals surface area contributed by atoms with E-state index in [-0.39, 0.29) is 23.2 Å². The summed E-state index contributed by atoms with van der Waals surface area (Å²) >= 11 is 1.63. The van der Waals surface area contributed by atoms with Gasteiger partial charge < -0.3 is 25.2 Å². The van der Waals surface area contributed by atoms with E-state index in [2.05, 4.69) is 10.6 Å². The van der Waals surface area contributed by atoms with Gasteiger partial charge in [0.1, 0.15) is 23.0 Å². The van der Waals surface area contributed by atoms with Gasteiger partial charge in [-0.1, -0.05) is 30.3 Å². The highest BCUT2D eigenvalue weighted by atomic mass is 32.2. The van der Waals surface area contributed by atoms with Gasteiger partial charge in [-0.15, -0.1) is 11.8 Å². The normalized spacial score (nSPS) is 23.4. The second kappa shape index (κ2) is 12.4. The van der Waals surface area contributed by atoms with Gasteiger partial charge in [-0.2, -0.15) is 4.98 Å². The molecule has 2 aliphatic rings. The first-order valence-corrected chi connectivity index (χ1v) is 15.5. The van der Waals surface area contributed by atoms with Crippen molar-refractivity contribution in [1.29, 1.82) is 0 Å². The molecule has 224 valence electrons. The molecule has 2 N–H and O–H groups in total. The fourth-order valence-corrected chi connectivity index (χ4v) is 7.88. The summed E-state index contributed by atoms with van der Waals surface area (Å²) < 4.78 is 5.13. The summed E-state index contributed by atoms with van der Waals surface area (Å²) in [7, 11) is 5.63. The van der Waals surface area contributed by atoms with Gasteiger partial charge in [0.2, 0.25) is 17.8 Å². The first kappa shape index (κ1) is 29.9. The zero-order chi connectivity index (χ0) is 30.0. The topological polar surface area (TPSA) is 99.7 Å². The van der Waals surface area contributed by atoms with Crippen LogP contribution in [0.4, 0.5) is 11.8 Å². The van der Waals surface area contributed by atoms with Crippen molar-refractivity contribution >= 4 is 46.2 Å². The summed E-state index contributed by atoms with van der Waals surface area (Å²) in [6.07, 6.45) is 3.95. The highest BCUT2D eigenvalue weighted by Crippen LogP contribution is 2.54. The summed E-state index contributed by atoms with van der Waals surface area (Å²) in [4.78, 5) is 39.9. The van der Waals surface area contributed by atoms with Gasteiger partial charge in [-0.05, 0) is 63.6 Å². The SMILES string of the molecule is COc1ccccc1[C@@H]1SC(C)(C)[C@H](C(=O)NC[C@H]2CC[C@@H](Nc3nc(N(C)C)c4ccccc4n3)CC2)N1C(C)=O. The molecule has 2 heterocycles. The number of thioether (sulfide) groups is 1. The third kappa shape index (κ3) is 6.14. The molecule has 5 rings (SSSR count). The van der Waals surface area contributed by atoms with Crippen molar-refractivity contribution in [2.24, 2.45) is 5.92 Å². The predicted octanol–water partition coefficient (Wildman–Crippen LogP) is 5.23. The van der Waals surface area contributed by atoms with Crippen LogP contribution in [0.5, 0.6) is 5.75 Å². The Balaban J connectivity index is 1.20. The largest absolute Gasteiger partial charge is 0.496 e. The number of ether oxygens (including phenoxy) is 1. The van der Waals surface area contributed by atoms with Crippen LogP contribution in [0.2, 0.25) is 0 Å². The summed E-state index contributed by atoms with van der Waals surface area (Å²) in [6.45, 7) is 6.23. The lowest BCUT2D eigenvalue weighted by atomic mass is 9.86. The molecule has 9 nitrogen and oxygen atoms in total. The number of aromatic nitrogens is 2. The van der Waals surface area contributed by atoms with E-state index in [1.807, 2.05) is 81.4 Å². The highest BCUT2D eigenvalue weighted by molar-refractivity contribution is 8.01. The Morgan fingerprint density at radius 1 is 1.05 bits per heavy atom. The van der Waals surface area contributed by atoms with Crippen molar-refractivity contribution in [3.63, 3.8) is 0 Å². The summed E-state index contributed by atoms with van der Waals surface area (Å²) in [5.74, 6) is 2.44. The van der Waals surface area contributed by atoms with Crippen LogP contribution in [-0.2, 0) is 9.59 Å². The highest BCUT2D eigenvalue weighted by Gasteiger charge is 2.53. The lowest BCUT2D eigenvalue weighted by molar-refractivity contribution is -0.139. The van der Waals surface area contributed by atoms with Crippen molar-refractivity contribution in [2.45, 2.75) is 68.7 Å². The number of benzene rings is 2. The van der Waals surface area contributed by atoms with Crippen LogP contribution in [-0.4, -0.2) is 71.3 Å². The molecular formula is C32H42N6O3S. The number of nitrogens with one attached hydrogen (secondary N) is 2. The molecule has 0 bridgehead atoms. The van der Waals surface area contributed by atoms with Crippen LogP contribution in [0, 0.1) is 5.92 Å². The number of rotatable bonds is 8. The zero-order valence-electron chi connectivity index (χ0n) is 25.4. The van der Waals surface area contributed by atoms with Crippen LogP contribution in [0.1, 0.15) is 57.4 Å². The van der Waals surface area contributed by atoms with Crippen LogP contribution < -0.4 is 20.3 Å². The van der Waals surface area contributed by atoms with E-state index < -0.39 is 10.8 Å². The molecule has 0 spiro atoms. The zero-order valence-corrected chi connectivity index (χ0v) is 26.2. The number of methoxy groups -OCH3 is 1. The van der Waals surface area contributed by atoms with Crippen molar-refractivity contribution in [3.05, 3.63) is 54.1 Å². The fourth-order valence-electron chi connectivity index (χ4n) is 6.25. The number of para-hydroxylation sites is 2. The van der Waals surface area contributed by atoms with Gasteiger partial charge in [-0.25, -0.2) is 4.98 Å². The first-order valence-electron chi connectivity index (χ1n) is 14.7. The van der Waals surface area contributed by atoms with Crippen molar-refractivity contribution in [1.82, 2.24) is 20.2 Å². The first-order chi connectivity index (χ1) is 20.1. The molecule has 1 saturated carbocycles. The third-order valence-corrected chi connectivity index (χ3v) is 9.91. The minimum Gasteiger partial charge on any atom is -0.496 e. The predicted molar refractivity (Wildman–Crippen MR) is 170 cm³/mol. The van der Waals surface area contributed by atoms with E-state index in [0.717, 1.165) is 53.7 Å². The average Bonchev–Trinajstić information content (AvgIpc) is 3.27. The van der Waals surface area contributed by atoms with E-state index in [4.69, 9.17) is 14.7 Å². The molecule has 2 atom stereocenters. The van der Waals surface area contributed by atoms with Gasteiger partial charge in [0, 0.05) is 49.3 Å². The number of fused-ring (bicyclic) bond motifs is 1. The lowest BCUT2D eigenvalue weighted by Crippen LogP contribution is -2.53. The van der Waals surface area contributed by atoms with Gasteiger partial charge in [0.05, 0.1) is 12.6 Å². The fraction of sp³-hybridized carbons (Fsp3) is 0.500. The molecule has 1 aliphatic heterocycles. The quantitative estimate of drug-likeness (QED) is 0.368. The maximum Gasteiger partial charge on any atom is 0.244 e.